The summed E-state index contributed by atoms with van der Waals surface area (Å²) in [6.45, 7) is 4.61. The van der Waals surface area contributed by atoms with E-state index in [2.05, 4.69) is 27.9 Å². The predicted octanol–water partition coefficient (Wildman–Crippen LogP) is 3.04. The second-order valence-electron chi connectivity index (χ2n) is 5.67. The molecule has 0 saturated heterocycles. The first kappa shape index (κ1) is 23.2. The van der Waals surface area contributed by atoms with Crippen LogP contribution in [0.25, 0.3) is 0 Å². The van der Waals surface area contributed by atoms with Crippen LogP contribution in [0, 0.1) is 6.92 Å². The number of hydrogen-bond acceptors (Lipinski definition) is 4. The van der Waals surface area contributed by atoms with Crippen molar-refractivity contribution in [1.29, 1.82) is 0 Å². The first-order chi connectivity index (χ1) is 12.7. The molecule has 0 aliphatic heterocycles. The van der Waals surface area contributed by atoms with E-state index in [1.165, 1.54) is 16.9 Å². The highest BCUT2D eigenvalue weighted by atomic mass is 127. The van der Waals surface area contributed by atoms with Crippen molar-refractivity contribution in [3.05, 3.63) is 52.2 Å². The third kappa shape index (κ3) is 9.09. The SMILES string of the molecule is CN=C(NCCCNC(=O)c1cccs1)NCCOc1ccc(C)cc1.I. The van der Waals surface area contributed by atoms with Crippen LogP contribution < -0.4 is 20.7 Å². The number of thiophene rings is 1. The molecule has 0 saturated carbocycles. The number of ether oxygens (including phenoxy) is 1. The van der Waals surface area contributed by atoms with Crippen LogP contribution in [0.15, 0.2) is 46.8 Å². The number of hydrogen-bond donors (Lipinski definition) is 3. The minimum Gasteiger partial charge on any atom is -0.492 e. The average Bonchev–Trinajstić information content (AvgIpc) is 3.19. The van der Waals surface area contributed by atoms with Crippen LogP contribution in [0.1, 0.15) is 21.7 Å². The maximum absolute atomic E-state index is 11.8. The number of carbonyl (C=O) groups is 1. The molecule has 8 heteroatoms. The lowest BCUT2D eigenvalue weighted by molar-refractivity contribution is 0.0957. The molecule has 1 aromatic carbocycles. The van der Waals surface area contributed by atoms with Crippen LogP contribution >= 0.6 is 35.3 Å². The van der Waals surface area contributed by atoms with Gasteiger partial charge in [0.15, 0.2) is 5.96 Å². The molecule has 2 rings (SSSR count). The summed E-state index contributed by atoms with van der Waals surface area (Å²) in [7, 11) is 1.73. The molecule has 0 unspecified atom stereocenters. The summed E-state index contributed by atoms with van der Waals surface area (Å²) in [5.41, 5.74) is 1.21. The molecule has 0 radical (unpaired) electrons. The number of nitrogens with one attached hydrogen (secondary N) is 3. The first-order valence-corrected chi connectivity index (χ1v) is 9.52. The van der Waals surface area contributed by atoms with Gasteiger partial charge >= 0.3 is 0 Å². The number of aliphatic imine (C=N–C) groups is 1. The molecule has 0 bridgehead atoms. The molecular weight excluding hydrogens is 475 g/mol. The van der Waals surface area contributed by atoms with Crippen LogP contribution in [0.4, 0.5) is 0 Å². The molecule has 0 aliphatic rings. The first-order valence-electron chi connectivity index (χ1n) is 8.64. The van der Waals surface area contributed by atoms with Gasteiger partial charge in [0.1, 0.15) is 12.4 Å². The highest BCUT2D eigenvalue weighted by Gasteiger charge is 2.04. The number of benzene rings is 1. The van der Waals surface area contributed by atoms with Crippen LogP contribution in [-0.4, -0.2) is 45.2 Å². The van der Waals surface area contributed by atoms with Gasteiger partial charge in [-0.15, -0.1) is 35.3 Å². The summed E-state index contributed by atoms with van der Waals surface area (Å²) in [4.78, 5) is 16.7. The maximum atomic E-state index is 11.8. The molecule has 6 nitrogen and oxygen atoms in total. The number of rotatable bonds is 9. The highest BCUT2D eigenvalue weighted by molar-refractivity contribution is 14.0. The Kier molecular flexibility index (Phi) is 11.5. The third-order valence-corrected chi connectivity index (χ3v) is 4.45. The zero-order valence-electron chi connectivity index (χ0n) is 15.7. The minimum atomic E-state index is -0.0178. The summed E-state index contributed by atoms with van der Waals surface area (Å²) >= 11 is 1.44. The summed E-state index contributed by atoms with van der Waals surface area (Å²) in [5, 5.41) is 11.2. The normalized spacial score (nSPS) is 10.7. The van der Waals surface area contributed by atoms with E-state index in [-0.39, 0.29) is 29.9 Å². The van der Waals surface area contributed by atoms with Gasteiger partial charge in [-0.3, -0.25) is 9.79 Å². The Hall–Kier alpha value is -1.81. The van der Waals surface area contributed by atoms with E-state index >= 15 is 0 Å². The van der Waals surface area contributed by atoms with Crippen LogP contribution in [-0.2, 0) is 0 Å². The molecule has 1 heterocycles. The Morgan fingerprint density at radius 3 is 2.44 bits per heavy atom. The lowest BCUT2D eigenvalue weighted by Gasteiger charge is -2.12. The van der Waals surface area contributed by atoms with Crippen LogP contribution in [0.3, 0.4) is 0 Å². The second kappa shape index (κ2) is 13.4. The molecule has 0 fully saturated rings. The van der Waals surface area contributed by atoms with Crippen molar-refractivity contribution in [2.75, 3.05) is 33.3 Å². The fourth-order valence-electron chi connectivity index (χ4n) is 2.19. The molecule has 148 valence electrons. The lowest BCUT2D eigenvalue weighted by atomic mass is 10.2. The molecular formula is C19H27IN4O2S. The van der Waals surface area contributed by atoms with Gasteiger partial charge in [0.25, 0.3) is 5.91 Å². The monoisotopic (exact) mass is 502 g/mol. The van der Waals surface area contributed by atoms with Crippen molar-refractivity contribution in [1.82, 2.24) is 16.0 Å². The fraction of sp³-hybridized carbons (Fsp3) is 0.368. The third-order valence-electron chi connectivity index (χ3n) is 3.58. The van der Waals surface area contributed by atoms with E-state index in [0.29, 0.717) is 19.7 Å². The van der Waals surface area contributed by atoms with Gasteiger partial charge in [0.2, 0.25) is 0 Å². The highest BCUT2D eigenvalue weighted by Crippen LogP contribution is 2.10. The number of nitrogens with zero attached hydrogens (tertiary/aromatic N) is 1. The van der Waals surface area contributed by atoms with E-state index in [1.54, 1.807) is 7.05 Å². The molecule has 3 N–H and O–H groups in total. The van der Waals surface area contributed by atoms with Crippen LogP contribution in [0.5, 0.6) is 5.75 Å². The Morgan fingerprint density at radius 1 is 1.07 bits per heavy atom. The van der Waals surface area contributed by atoms with Gasteiger partial charge in [0.05, 0.1) is 11.4 Å². The fourth-order valence-corrected chi connectivity index (χ4v) is 2.83. The molecule has 0 atom stereocenters. The molecule has 1 amide bonds. The van der Waals surface area contributed by atoms with Gasteiger partial charge in [-0.25, -0.2) is 0 Å². The van der Waals surface area contributed by atoms with E-state index in [1.807, 2.05) is 41.8 Å². The Balaban J connectivity index is 0.00000364. The van der Waals surface area contributed by atoms with Gasteiger partial charge in [-0.05, 0) is 36.9 Å². The topological polar surface area (TPSA) is 74.8 Å². The van der Waals surface area contributed by atoms with Crippen LogP contribution in [0.2, 0.25) is 0 Å². The van der Waals surface area contributed by atoms with Gasteiger partial charge in [-0.1, -0.05) is 23.8 Å². The number of halogens is 1. The summed E-state index contributed by atoms with van der Waals surface area (Å²) in [5.74, 6) is 1.57. The lowest BCUT2D eigenvalue weighted by Crippen LogP contribution is -2.40. The van der Waals surface area contributed by atoms with Gasteiger partial charge < -0.3 is 20.7 Å². The Morgan fingerprint density at radius 2 is 1.78 bits per heavy atom. The summed E-state index contributed by atoms with van der Waals surface area (Å²) in [6, 6.07) is 11.7. The zero-order chi connectivity index (χ0) is 18.6. The number of amides is 1. The summed E-state index contributed by atoms with van der Waals surface area (Å²) < 4.78 is 5.67. The summed E-state index contributed by atoms with van der Waals surface area (Å²) in [6.07, 6.45) is 0.817. The van der Waals surface area contributed by atoms with Crippen molar-refractivity contribution >= 4 is 47.2 Å². The molecule has 0 spiro atoms. The second-order valence-corrected chi connectivity index (χ2v) is 6.62. The van der Waals surface area contributed by atoms with Gasteiger partial charge in [-0.2, -0.15) is 0 Å². The Bertz CT molecular complexity index is 690. The van der Waals surface area contributed by atoms with E-state index in [4.69, 9.17) is 4.74 Å². The number of aryl methyl sites for hydroxylation is 1. The molecule has 27 heavy (non-hydrogen) atoms. The van der Waals surface area contributed by atoms with Crippen molar-refractivity contribution in [3.8, 4) is 5.75 Å². The van der Waals surface area contributed by atoms with Crippen molar-refractivity contribution in [2.45, 2.75) is 13.3 Å². The predicted molar refractivity (Wildman–Crippen MR) is 123 cm³/mol. The van der Waals surface area contributed by atoms with E-state index in [0.717, 1.165) is 29.6 Å². The van der Waals surface area contributed by atoms with Crippen molar-refractivity contribution in [3.63, 3.8) is 0 Å². The van der Waals surface area contributed by atoms with E-state index < -0.39 is 0 Å². The standard InChI is InChI=1S/C19H26N4O2S.HI/c1-15-6-8-16(9-7-15)25-13-12-23-19(20-2)22-11-4-10-21-18(24)17-5-3-14-26-17;/h3,5-9,14H,4,10-13H2,1-2H3,(H,21,24)(H2,20,22,23);1H. The quantitative estimate of drug-likeness (QED) is 0.213. The molecule has 0 aliphatic carbocycles. The number of carbonyl (C=O) groups excluding carboxylic acids is 1. The van der Waals surface area contributed by atoms with Gasteiger partial charge in [0, 0.05) is 20.1 Å². The van der Waals surface area contributed by atoms with Crippen molar-refractivity contribution < 1.29 is 9.53 Å². The average molecular weight is 502 g/mol. The largest absolute Gasteiger partial charge is 0.492 e. The van der Waals surface area contributed by atoms with E-state index in [9.17, 15) is 4.79 Å². The smallest absolute Gasteiger partial charge is 0.261 e. The van der Waals surface area contributed by atoms with Crippen molar-refractivity contribution in [2.24, 2.45) is 4.99 Å². The minimum absolute atomic E-state index is 0. The molecule has 2 aromatic rings. The molecule has 1 aromatic heterocycles. The maximum Gasteiger partial charge on any atom is 0.261 e. The Labute approximate surface area is 181 Å². The number of guanidine groups is 1. The zero-order valence-corrected chi connectivity index (χ0v) is 18.8.